The predicted octanol–water partition coefficient (Wildman–Crippen LogP) is 2.65. The van der Waals surface area contributed by atoms with Crippen LogP contribution in [-0.2, 0) is 10.0 Å². The minimum Gasteiger partial charge on any atom is -0.396 e. The Morgan fingerprint density at radius 2 is 1.90 bits per heavy atom. The molecule has 0 saturated heterocycles. The van der Waals surface area contributed by atoms with Crippen molar-refractivity contribution < 1.29 is 13.5 Å². The quantitative estimate of drug-likeness (QED) is 0.708. The number of anilines is 1. The molecule has 0 aliphatic carbocycles. The van der Waals surface area contributed by atoms with Crippen LogP contribution in [0.4, 0.5) is 5.69 Å². The molecule has 1 aromatic rings. The average molecular weight is 355 g/mol. The molecule has 8 heteroatoms. The van der Waals surface area contributed by atoms with Crippen LogP contribution in [0, 0.1) is 5.41 Å². The van der Waals surface area contributed by atoms with Gasteiger partial charge < -0.3 is 10.8 Å². The SMILES string of the molecule is CC(C)(C)CC(O)CNS(=O)(=O)c1ccc(Cl)c(N)c1Cl. The number of aliphatic hydroxyl groups excluding tert-OH is 1. The molecule has 1 unspecified atom stereocenters. The maximum atomic E-state index is 12.2. The van der Waals surface area contributed by atoms with E-state index in [0.29, 0.717) is 6.42 Å². The highest BCUT2D eigenvalue weighted by Gasteiger charge is 2.23. The number of hydrogen-bond acceptors (Lipinski definition) is 4. The van der Waals surface area contributed by atoms with Gasteiger partial charge in [-0.2, -0.15) is 0 Å². The molecule has 1 aromatic carbocycles. The molecule has 0 heterocycles. The molecule has 120 valence electrons. The van der Waals surface area contributed by atoms with E-state index in [2.05, 4.69) is 4.72 Å². The van der Waals surface area contributed by atoms with Crippen LogP contribution in [0.3, 0.4) is 0 Å². The number of aliphatic hydroxyl groups is 1. The Balaban J connectivity index is 2.86. The molecule has 0 aliphatic heterocycles. The van der Waals surface area contributed by atoms with E-state index in [1.807, 2.05) is 20.8 Å². The number of nitrogens with two attached hydrogens (primary N) is 1. The fourth-order valence-corrected chi connectivity index (χ4v) is 3.66. The van der Waals surface area contributed by atoms with Gasteiger partial charge in [-0.05, 0) is 24.0 Å². The Bertz CT molecular complexity index is 613. The Hall–Kier alpha value is -0.530. The third-order valence-corrected chi connectivity index (χ3v) is 5.05. The molecular formula is C13H20Cl2N2O3S. The van der Waals surface area contributed by atoms with Crippen molar-refractivity contribution in [3.8, 4) is 0 Å². The van der Waals surface area contributed by atoms with Crippen molar-refractivity contribution in [3.05, 3.63) is 22.2 Å². The maximum Gasteiger partial charge on any atom is 0.242 e. The molecule has 0 aromatic heterocycles. The lowest BCUT2D eigenvalue weighted by atomic mass is 9.89. The van der Waals surface area contributed by atoms with Gasteiger partial charge >= 0.3 is 0 Å². The van der Waals surface area contributed by atoms with Crippen LogP contribution in [-0.4, -0.2) is 26.2 Å². The number of nitrogen functional groups attached to an aromatic ring is 1. The fourth-order valence-electron chi connectivity index (χ4n) is 1.82. The van der Waals surface area contributed by atoms with Crippen LogP contribution in [0.15, 0.2) is 17.0 Å². The number of nitrogens with one attached hydrogen (secondary N) is 1. The Morgan fingerprint density at radius 1 is 1.33 bits per heavy atom. The van der Waals surface area contributed by atoms with Gasteiger partial charge in [0.15, 0.2) is 0 Å². The molecule has 4 N–H and O–H groups in total. The molecule has 0 spiro atoms. The molecular weight excluding hydrogens is 335 g/mol. The molecule has 0 bridgehead atoms. The zero-order chi connectivity index (χ0) is 16.4. The molecule has 0 aliphatic rings. The Labute approximate surface area is 135 Å². The summed E-state index contributed by atoms with van der Waals surface area (Å²) in [5, 5.41) is 9.92. The summed E-state index contributed by atoms with van der Waals surface area (Å²) in [5.74, 6) is 0. The lowest BCUT2D eigenvalue weighted by molar-refractivity contribution is 0.125. The van der Waals surface area contributed by atoms with Gasteiger partial charge in [0, 0.05) is 6.54 Å². The normalized spacial score (nSPS) is 14.2. The molecule has 0 amide bonds. The first-order valence-corrected chi connectivity index (χ1v) is 8.59. The van der Waals surface area contributed by atoms with E-state index in [-0.39, 0.29) is 32.6 Å². The summed E-state index contributed by atoms with van der Waals surface area (Å²) in [4.78, 5) is -0.158. The number of benzene rings is 1. The zero-order valence-corrected chi connectivity index (χ0v) is 14.5. The summed E-state index contributed by atoms with van der Waals surface area (Å²) in [7, 11) is -3.86. The van der Waals surface area contributed by atoms with Gasteiger partial charge in [-0.15, -0.1) is 0 Å². The first-order valence-electron chi connectivity index (χ1n) is 6.35. The van der Waals surface area contributed by atoms with Gasteiger partial charge in [0.2, 0.25) is 10.0 Å². The molecule has 5 nitrogen and oxygen atoms in total. The van der Waals surface area contributed by atoms with Gasteiger partial charge in [-0.25, -0.2) is 13.1 Å². The fraction of sp³-hybridized carbons (Fsp3) is 0.538. The molecule has 1 atom stereocenters. The maximum absolute atomic E-state index is 12.2. The van der Waals surface area contributed by atoms with Crippen molar-refractivity contribution in [2.24, 2.45) is 5.41 Å². The van der Waals surface area contributed by atoms with Gasteiger partial charge in [0.25, 0.3) is 0 Å². The number of rotatable bonds is 5. The Kier molecular flexibility index (Phi) is 5.91. The molecule has 0 fully saturated rings. The average Bonchev–Trinajstić information content (AvgIpc) is 2.31. The zero-order valence-electron chi connectivity index (χ0n) is 12.2. The van der Waals surface area contributed by atoms with E-state index in [1.165, 1.54) is 12.1 Å². The van der Waals surface area contributed by atoms with Crippen LogP contribution in [0.5, 0.6) is 0 Å². The summed E-state index contributed by atoms with van der Waals surface area (Å²) in [6.45, 7) is 5.78. The van der Waals surface area contributed by atoms with Crippen LogP contribution < -0.4 is 10.5 Å². The van der Waals surface area contributed by atoms with E-state index >= 15 is 0 Å². The van der Waals surface area contributed by atoms with Gasteiger partial charge in [-0.3, -0.25) is 0 Å². The van der Waals surface area contributed by atoms with Gasteiger partial charge in [-0.1, -0.05) is 44.0 Å². The van der Waals surface area contributed by atoms with Gasteiger partial charge in [0.05, 0.1) is 21.8 Å². The van der Waals surface area contributed by atoms with Crippen molar-refractivity contribution in [1.82, 2.24) is 4.72 Å². The van der Waals surface area contributed by atoms with Crippen molar-refractivity contribution in [2.45, 2.75) is 38.2 Å². The Morgan fingerprint density at radius 3 is 2.43 bits per heavy atom. The third kappa shape index (κ3) is 5.30. The summed E-state index contributed by atoms with van der Waals surface area (Å²) < 4.78 is 26.7. The molecule has 0 saturated carbocycles. The second-order valence-corrected chi connectivity index (χ2v) is 8.56. The van der Waals surface area contributed by atoms with Crippen LogP contribution >= 0.6 is 23.2 Å². The number of hydrogen-bond donors (Lipinski definition) is 3. The lowest BCUT2D eigenvalue weighted by Gasteiger charge is -2.22. The highest BCUT2D eigenvalue weighted by molar-refractivity contribution is 7.89. The van der Waals surface area contributed by atoms with Crippen molar-refractivity contribution in [3.63, 3.8) is 0 Å². The van der Waals surface area contributed by atoms with Crippen LogP contribution in [0.25, 0.3) is 0 Å². The van der Waals surface area contributed by atoms with E-state index in [1.54, 1.807) is 0 Å². The molecule has 1 rings (SSSR count). The molecule has 0 radical (unpaired) electrons. The second kappa shape index (κ2) is 6.71. The second-order valence-electron chi connectivity index (χ2n) is 6.04. The van der Waals surface area contributed by atoms with Crippen LogP contribution in [0.1, 0.15) is 27.2 Å². The topological polar surface area (TPSA) is 92.4 Å². The minimum absolute atomic E-state index is 0.0106. The highest BCUT2D eigenvalue weighted by Crippen LogP contribution is 2.33. The molecule has 21 heavy (non-hydrogen) atoms. The standard InChI is InChI=1S/C13H20Cl2N2O3S/c1-13(2,3)6-8(18)7-17-21(19,20)10-5-4-9(14)12(16)11(10)15/h4-5,8,17-18H,6-7,16H2,1-3H3. The number of halogens is 2. The lowest BCUT2D eigenvalue weighted by Crippen LogP contribution is -2.34. The van der Waals surface area contributed by atoms with E-state index < -0.39 is 16.1 Å². The first kappa shape index (κ1) is 18.5. The summed E-state index contributed by atoms with van der Waals surface area (Å²) in [6.07, 6.45) is -0.324. The largest absolute Gasteiger partial charge is 0.396 e. The summed E-state index contributed by atoms with van der Waals surface area (Å²) in [5.41, 5.74) is 5.52. The highest BCUT2D eigenvalue weighted by atomic mass is 35.5. The monoisotopic (exact) mass is 354 g/mol. The van der Waals surface area contributed by atoms with E-state index in [4.69, 9.17) is 28.9 Å². The predicted molar refractivity (Wildman–Crippen MR) is 86.1 cm³/mol. The van der Waals surface area contributed by atoms with Gasteiger partial charge in [0.1, 0.15) is 4.90 Å². The van der Waals surface area contributed by atoms with Crippen molar-refractivity contribution in [2.75, 3.05) is 12.3 Å². The first-order chi connectivity index (χ1) is 9.44. The smallest absolute Gasteiger partial charge is 0.242 e. The van der Waals surface area contributed by atoms with E-state index in [0.717, 1.165) is 0 Å². The van der Waals surface area contributed by atoms with E-state index in [9.17, 15) is 13.5 Å². The van der Waals surface area contributed by atoms with Crippen molar-refractivity contribution >= 4 is 38.9 Å². The minimum atomic E-state index is -3.86. The third-order valence-electron chi connectivity index (χ3n) is 2.74. The van der Waals surface area contributed by atoms with Crippen LogP contribution in [0.2, 0.25) is 10.0 Å². The van der Waals surface area contributed by atoms with Crippen molar-refractivity contribution in [1.29, 1.82) is 0 Å². The summed E-state index contributed by atoms with van der Waals surface area (Å²) in [6, 6.07) is 2.64. The summed E-state index contributed by atoms with van der Waals surface area (Å²) >= 11 is 11.7. The number of sulfonamides is 1.